The summed E-state index contributed by atoms with van der Waals surface area (Å²) in [6.07, 6.45) is 0.968. The lowest BCUT2D eigenvalue weighted by molar-refractivity contribution is 0.411. The molecule has 16 aromatic rings. The minimum absolute atomic E-state index is 0.122. The molecule has 0 aliphatic rings. The van der Waals surface area contributed by atoms with Gasteiger partial charge in [-0.05, 0) is 160 Å². The third kappa shape index (κ3) is 7.66. The molecule has 0 radical (unpaired) electrons. The fourth-order valence-corrected chi connectivity index (χ4v) is 13.7. The van der Waals surface area contributed by atoms with Crippen molar-refractivity contribution in [1.29, 1.82) is 0 Å². The van der Waals surface area contributed by atoms with Gasteiger partial charge in [0.2, 0.25) is 0 Å². The topological polar surface area (TPSA) is 19.7 Å². The van der Waals surface area contributed by atoms with Gasteiger partial charge in [-0.2, -0.15) is 0 Å². The number of hydrogen-bond acceptors (Lipinski definition) is 0. The molecule has 390 valence electrons. The van der Waals surface area contributed by atoms with E-state index in [1.165, 1.54) is 137 Å². The molecular weight excluding hydrogens is 993 g/mol. The largest absolute Gasteiger partial charge is 0.309 e. The van der Waals surface area contributed by atoms with Gasteiger partial charge in [0.15, 0.2) is 0 Å². The monoisotopic (exact) mass is 1050 g/mol. The Balaban J connectivity index is 0.793. The van der Waals surface area contributed by atoms with E-state index in [1.54, 1.807) is 0 Å². The third-order valence-electron chi connectivity index (χ3n) is 17.1. The van der Waals surface area contributed by atoms with E-state index in [-0.39, 0.29) is 5.41 Å². The van der Waals surface area contributed by atoms with Crippen LogP contribution in [-0.4, -0.2) is 18.3 Å². The molecule has 0 atom stereocenters. The molecule has 4 aromatic heterocycles. The molecule has 12 aromatic carbocycles. The van der Waals surface area contributed by atoms with Crippen molar-refractivity contribution in [1.82, 2.24) is 18.3 Å². The molecule has 0 unspecified atom stereocenters. The van der Waals surface area contributed by atoms with Crippen LogP contribution in [0.1, 0.15) is 31.9 Å². The van der Waals surface area contributed by atoms with Crippen LogP contribution in [0.25, 0.3) is 143 Å². The number of aryl methyl sites for hydroxylation is 1. The van der Waals surface area contributed by atoms with Gasteiger partial charge in [0, 0.05) is 65.8 Å². The molecule has 16 rings (SSSR count). The molecule has 82 heavy (non-hydrogen) atoms. The van der Waals surface area contributed by atoms with Gasteiger partial charge in [-0.1, -0.05) is 191 Å². The molecule has 0 fully saturated rings. The van der Waals surface area contributed by atoms with Crippen molar-refractivity contribution in [2.24, 2.45) is 5.41 Å². The second-order valence-electron chi connectivity index (χ2n) is 23.7. The predicted molar refractivity (Wildman–Crippen MR) is 348 cm³/mol. The Hall–Kier alpha value is -10.2. The minimum atomic E-state index is 0.122. The van der Waals surface area contributed by atoms with E-state index in [1.807, 2.05) is 0 Å². The number of rotatable bonds is 8. The van der Waals surface area contributed by atoms with Crippen molar-refractivity contribution >= 4 is 87.2 Å². The van der Waals surface area contributed by atoms with Crippen molar-refractivity contribution < 1.29 is 0 Å². The van der Waals surface area contributed by atoms with Crippen LogP contribution in [0.2, 0.25) is 0 Å². The van der Waals surface area contributed by atoms with Crippen LogP contribution >= 0.6 is 0 Å². The Morgan fingerprint density at radius 1 is 0.268 bits per heavy atom. The second kappa shape index (κ2) is 18.5. The first kappa shape index (κ1) is 47.8. The fourth-order valence-electron chi connectivity index (χ4n) is 13.7. The van der Waals surface area contributed by atoms with Crippen LogP contribution in [0.15, 0.2) is 267 Å². The smallest absolute Gasteiger partial charge is 0.0547 e. The molecule has 0 aliphatic carbocycles. The number of benzene rings is 12. The molecular formula is C78H58N4. The first-order chi connectivity index (χ1) is 40.2. The standard InChI is InChI=1S/C78H58N4/c1-50-42-55(52-32-37-57(38-33-52)79-69-25-11-5-18-62(69)63-19-6-12-26-70(63)79)46-59(43-50)82-73-29-15-9-22-66(73)67-41-36-54(48-76(67)82)61-24-17-31-75-77(61)68-23-10-16-30-74(68)80(75)58-39-34-53(35-40-58)56-44-51(49-78(2,3)4)45-60(47-56)81-71-27-13-7-20-64(71)65-21-8-14-28-72(65)81/h5-48H,49H2,1-4H3. The number of para-hydroxylation sites is 6. The highest BCUT2D eigenvalue weighted by Gasteiger charge is 2.22. The molecule has 0 spiro atoms. The normalized spacial score (nSPS) is 12.2. The molecule has 0 amide bonds. The van der Waals surface area contributed by atoms with E-state index >= 15 is 0 Å². The van der Waals surface area contributed by atoms with Crippen molar-refractivity contribution in [3.8, 4) is 56.1 Å². The van der Waals surface area contributed by atoms with Crippen molar-refractivity contribution in [2.75, 3.05) is 0 Å². The maximum absolute atomic E-state index is 2.48. The molecule has 0 aliphatic heterocycles. The van der Waals surface area contributed by atoms with Crippen LogP contribution < -0.4 is 0 Å². The quantitative estimate of drug-likeness (QED) is 0.145. The lowest BCUT2D eigenvalue weighted by Crippen LogP contribution is -2.10. The van der Waals surface area contributed by atoms with Gasteiger partial charge in [-0.3, -0.25) is 0 Å². The highest BCUT2D eigenvalue weighted by atomic mass is 15.0. The zero-order chi connectivity index (χ0) is 54.8. The first-order valence-corrected chi connectivity index (χ1v) is 28.7. The molecule has 4 heterocycles. The third-order valence-corrected chi connectivity index (χ3v) is 17.1. The molecule has 0 saturated carbocycles. The summed E-state index contributed by atoms with van der Waals surface area (Å²) in [5, 5.41) is 10.0. The van der Waals surface area contributed by atoms with Gasteiger partial charge < -0.3 is 18.3 Å². The second-order valence-corrected chi connectivity index (χ2v) is 23.7. The van der Waals surface area contributed by atoms with Gasteiger partial charge in [-0.15, -0.1) is 0 Å². The minimum Gasteiger partial charge on any atom is -0.309 e. The zero-order valence-electron chi connectivity index (χ0n) is 46.4. The van der Waals surface area contributed by atoms with Crippen molar-refractivity contribution in [3.63, 3.8) is 0 Å². The maximum Gasteiger partial charge on any atom is 0.0547 e. The average molecular weight is 1050 g/mol. The molecule has 0 bridgehead atoms. The van der Waals surface area contributed by atoms with Crippen molar-refractivity contribution in [3.05, 3.63) is 278 Å². The van der Waals surface area contributed by atoms with Gasteiger partial charge in [-0.25, -0.2) is 0 Å². The van der Waals surface area contributed by atoms with E-state index in [9.17, 15) is 0 Å². The van der Waals surface area contributed by atoms with E-state index in [0.29, 0.717) is 0 Å². The Labute approximate surface area is 476 Å². The maximum atomic E-state index is 2.48. The summed E-state index contributed by atoms with van der Waals surface area (Å²) in [7, 11) is 0. The Bertz CT molecular complexity index is 5120. The number of aromatic nitrogens is 4. The highest BCUT2D eigenvalue weighted by molar-refractivity contribution is 6.17. The zero-order valence-corrected chi connectivity index (χ0v) is 46.4. The fraction of sp³-hybridized carbons (Fsp3) is 0.0769. The summed E-state index contributed by atoms with van der Waals surface area (Å²) in [4.78, 5) is 0. The van der Waals surface area contributed by atoms with E-state index in [0.717, 1.165) is 23.5 Å². The summed E-state index contributed by atoms with van der Waals surface area (Å²) in [5.74, 6) is 0. The van der Waals surface area contributed by atoms with E-state index in [2.05, 4.69) is 313 Å². The Morgan fingerprint density at radius 3 is 1.15 bits per heavy atom. The van der Waals surface area contributed by atoms with Crippen molar-refractivity contribution in [2.45, 2.75) is 34.1 Å². The lowest BCUT2D eigenvalue weighted by atomic mass is 9.87. The number of hydrogen-bond donors (Lipinski definition) is 0. The Kier molecular flexibility index (Phi) is 10.8. The van der Waals surface area contributed by atoms with Gasteiger partial charge >= 0.3 is 0 Å². The van der Waals surface area contributed by atoms with Crippen LogP contribution in [-0.2, 0) is 6.42 Å². The molecule has 4 heteroatoms. The van der Waals surface area contributed by atoms with Crippen LogP contribution in [0.5, 0.6) is 0 Å². The SMILES string of the molecule is Cc1cc(-c2ccc(-n3c4ccccc4c4ccccc43)cc2)cc(-n2c3ccccc3c3ccc(-c4cccc5c4c4ccccc4n5-c4ccc(-c5cc(CC(C)(C)C)cc(-n6c7ccccc7c7ccccc76)c5)cc4)cc32)c1. The number of nitrogens with zero attached hydrogens (tertiary/aromatic N) is 4. The molecule has 4 nitrogen and oxygen atoms in total. The van der Waals surface area contributed by atoms with Crippen LogP contribution in [0.3, 0.4) is 0 Å². The average Bonchev–Trinajstić information content (AvgIpc) is 4.45. The summed E-state index contributed by atoms with van der Waals surface area (Å²) in [6, 6.07) is 99.3. The van der Waals surface area contributed by atoms with E-state index < -0.39 is 0 Å². The van der Waals surface area contributed by atoms with Gasteiger partial charge in [0.05, 0.1) is 44.1 Å². The molecule has 0 N–H and O–H groups in total. The van der Waals surface area contributed by atoms with Crippen LogP contribution in [0, 0.1) is 12.3 Å². The van der Waals surface area contributed by atoms with E-state index in [4.69, 9.17) is 0 Å². The number of fused-ring (bicyclic) bond motifs is 12. The lowest BCUT2D eigenvalue weighted by Gasteiger charge is -2.20. The predicted octanol–water partition coefficient (Wildman–Crippen LogP) is 21.0. The van der Waals surface area contributed by atoms with Crippen LogP contribution in [0.4, 0.5) is 0 Å². The summed E-state index contributed by atoms with van der Waals surface area (Å²) < 4.78 is 9.77. The van der Waals surface area contributed by atoms with Gasteiger partial charge in [0.25, 0.3) is 0 Å². The Morgan fingerprint density at radius 2 is 0.646 bits per heavy atom. The molecule has 0 saturated heterocycles. The summed E-state index contributed by atoms with van der Waals surface area (Å²) in [6.45, 7) is 9.22. The summed E-state index contributed by atoms with van der Waals surface area (Å²) >= 11 is 0. The summed E-state index contributed by atoms with van der Waals surface area (Å²) in [5.41, 5.74) is 24.1. The first-order valence-electron chi connectivity index (χ1n) is 28.7. The highest BCUT2D eigenvalue weighted by Crippen LogP contribution is 2.43. The van der Waals surface area contributed by atoms with Gasteiger partial charge in [0.1, 0.15) is 0 Å².